The molecule has 0 saturated carbocycles. The standard InChI is InChI=1S/C15H19FN2S/c1-4-7-17-15(14-9-18-11(3)19-14)12-6-5-10(2)13(16)8-12/h5-6,8-9,15,17H,4,7H2,1-3H3. The Morgan fingerprint density at radius 2 is 2.16 bits per heavy atom. The molecule has 0 aliphatic heterocycles. The van der Waals surface area contributed by atoms with Crippen molar-refractivity contribution >= 4 is 11.3 Å². The second-order valence-corrected chi connectivity index (χ2v) is 5.94. The highest BCUT2D eigenvalue weighted by atomic mass is 32.1. The summed E-state index contributed by atoms with van der Waals surface area (Å²) in [5, 5.41) is 4.50. The summed E-state index contributed by atoms with van der Waals surface area (Å²) in [6.07, 6.45) is 2.92. The number of rotatable bonds is 5. The lowest BCUT2D eigenvalue weighted by Gasteiger charge is -2.17. The molecule has 1 N–H and O–H groups in total. The molecule has 4 heteroatoms. The lowest BCUT2D eigenvalue weighted by molar-refractivity contribution is 0.587. The van der Waals surface area contributed by atoms with Gasteiger partial charge in [0.15, 0.2) is 0 Å². The summed E-state index contributed by atoms with van der Waals surface area (Å²) in [5.41, 5.74) is 1.64. The number of hydrogen-bond donors (Lipinski definition) is 1. The zero-order chi connectivity index (χ0) is 13.8. The molecule has 0 spiro atoms. The van der Waals surface area contributed by atoms with Gasteiger partial charge in [0.1, 0.15) is 5.82 Å². The number of aryl methyl sites for hydroxylation is 2. The minimum absolute atomic E-state index is 0.0289. The normalized spacial score (nSPS) is 12.6. The summed E-state index contributed by atoms with van der Waals surface area (Å²) in [6.45, 7) is 6.79. The molecule has 1 aromatic carbocycles. The van der Waals surface area contributed by atoms with E-state index >= 15 is 0 Å². The van der Waals surface area contributed by atoms with E-state index in [0.717, 1.165) is 28.4 Å². The van der Waals surface area contributed by atoms with E-state index in [-0.39, 0.29) is 11.9 Å². The van der Waals surface area contributed by atoms with Crippen LogP contribution in [-0.4, -0.2) is 11.5 Å². The first-order valence-electron chi connectivity index (χ1n) is 6.53. The lowest BCUT2D eigenvalue weighted by atomic mass is 10.0. The monoisotopic (exact) mass is 278 g/mol. The van der Waals surface area contributed by atoms with Gasteiger partial charge in [-0.1, -0.05) is 19.1 Å². The predicted molar refractivity (Wildman–Crippen MR) is 78.1 cm³/mol. The number of nitrogens with one attached hydrogen (secondary N) is 1. The smallest absolute Gasteiger partial charge is 0.126 e. The second-order valence-electron chi connectivity index (χ2n) is 4.68. The molecule has 1 unspecified atom stereocenters. The van der Waals surface area contributed by atoms with Gasteiger partial charge in [-0.05, 0) is 44.0 Å². The fourth-order valence-electron chi connectivity index (χ4n) is 1.97. The van der Waals surface area contributed by atoms with Crippen molar-refractivity contribution in [2.75, 3.05) is 6.54 Å². The highest BCUT2D eigenvalue weighted by Gasteiger charge is 2.16. The predicted octanol–water partition coefficient (Wildman–Crippen LogP) is 3.99. The Hall–Kier alpha value is -1.26. The Morgan fingerprint density at radius 3 is 2.74 bits per heavy atom. The molecule has 0 aliphatic carbocycles. The van der Waals surface area contributed by atoms with Gasteiger partial charge >= 0.3 is 0 Å². The fourth-order valence-corrected chi connectivity index (χ4v) is 2.86. The molecule has 1 aromatic heterocycles. The molecular formula is C15H19FN2S. The van der Waals surface area contributed by atoms with Crippen LogP contribution in [-0.2, 0) is 0 Å². The van der Waals surface area contributed by atoms with Gasteiger partial charge in [-0.3, -0.25) is 0 Å². The summed E-state index contributed by atoms with van der Waals surface area (Å²) in [6, 6.07) is 5.47. The van der Waals surface area contributed by atoms with Crippen molar-refractivity contribution in [3.8, 4) is 0 Å². The zero-order valence-corrected chi connectivity index (χ0v) is 12.4. The number of hydrogen-bond acceptors (Lipinski definition) is 3. The van der Waals surface area contributed by atoms with Crippen molar-refractivity contribution in [3.05, 3.63) is 51.2 Å². The minimum Gasteiger partial charge on any atom is -0.306 e. The minimum atomic E-state index is -0.151. The van der Waals surface area contributed by atoms with Gasteiger partial charge in [-0.25, -0.2) is 9.37 Å². The average Bonchev–Trinajstić information content (AvgIpc) is 2.80. The van der Waals surface area contributed by atoms with Crippen LogP contribution in [0, 0.1) is 19.7 Å². The number of benzene rings is 1. The van der Waals surface area contributed by atoms with Gasteiger partial charge in [0.25, 0.3) is 0 Å². The largest absolute Gasteiger partial charge is 0.306 e. The summed E-state index contributed by atoms with van der Waals surface area (Å²) in [4.78, 5) is 5.43. The third-order valence-corrected chi connectivity index (χ3v) is 4.03. The summed E-state index contributed by atoms with van der Waals surface area (Å²) in [7, 11) is 0. The van der Waals surface area contributed by atoms with Crippen molar-refractivity contribution in [2.45, 2.75) is 33.2 Å². The van der Waals surface area contributed by atoms with Gasteiger partial charge in [0.05, 0.1) is 11.0 Å². The molecule has 2 nitrogen and oxygen atoms in total. The molecule has 0 fully saturated rings. The molecule has 2 rings (SSSR count). The van der Waals surface area contributed by atoms with Crippen LogP contribution in [0.2, 0.25) is 0 Å². The highest BCUT2D eigenvalue weighted by Crippen LogP contribution is 2.27. The van der Waals surface area contributed by atoms with Gasteiger partial charge in [0, 0.05) is 11.1 Å². The Balaban J connectivity index is 2.33. The van der Waals surface area contributed by atoms with Crippen molar-refractivity contribution in [1.82, 2.24) is 10.3 Å². The SMILES string of the molecule is CCCNC(c1ccc(C)c(F)c1)c1cnc(C)s1. The third-order valence-electron chi connectivity index (χ3n) is 3.05. The number of nitrogens with zero attached hydrogens (tertiary/aromatic N) is 1. The van der Waals surface area contributed by atoms with Gasteiger partial charge in [0.2, 0.25) is 0 Å². The molecule has 0 saturated heterocycles. The Labute approximate surface area is 117 Å². The molecule has 102 valence electrons. The van der Waals surface area contributed by atoms with Gasteiger partial charge < -0.3 is 5.32 Å². The van der Waals surface area contributed by atoms with Crippen LogP contribution in [0.4, 0.5) is 4.39 Å². The lowest BCUT2D eigenvalue weighted by Crippen LogP contribution is -2.22. The van der Waals surface area contributed by atoms with Crippen molar-refractivity contribution < 1.29 is 4.39 Å². The summed E-state index contributed by atoms with van der Waals surface area (Å²) in [5.74, 6) is -0.151. The molecule has 0 radical (unpaired) electrons. The summed E-state index contributed by atoms with van der Waals surface area (Å²) < 4.78 is 13.7. The van der Waals surface area contributed by atoms with Crippen LogP contribution in [0.15, 0.2) is 24.4 Å². The molecule has 0 amide bonds. The molecule has 0 bridgehead atoms. The molecule has 1 heterocycles. The maximum absolute atomic E-state index is 13.7. The first-order valence-corrected chi connectivity index (χ1v) is 7.35. The van der Waals surface area contributed by atoms with Crippen LogP contribution < -0.4 is 5.32 Å². The maximum atomic E-state index is 13.7. The van der Waals surface area contributed by atoms with Crippen LogP contribution in [0.25, 0.3) is 0 Å². The van der Waals surface area contributed by atoms with E-state index < -0.39 is 0 Å². The first kappa shape index (κ1) is 14.2. The zero-order valence-electron chi connectivity index (χ0n) is 11.5. The van der Waals surface area contributed by atoms with Crippen molar-refractivity contribution in [2.24, 2.45) is 0 Å². The molecule has 0 aliphatic rings. The Bertz CT molecular complexity index is 551. The van der Waals surface area contributed by atoms with Gasteiger partial charge in [-0.2, -0.15) is 0 Å². The highest BCUT2D eigenvalue weighted by molar-refractivity contribution is 7.11. The van der Waals surface area contributed by atoms with E-state index in [4.69, 9.17) is 0 Å². The molecule has 1 atom stereocenters. The first-order chi connectivity index (χ1) is 9.11. The van der Waals surface area contributed by atoms with E-state index in [2.05, 4.69) is 17.2 Å². The molecule has 2 aromatic rings. The number of halogens is 1. The maximum Gasteiger partial charge on any atom is 0.126 e. The van der Waals surface area contributed by atoms with E-state index in [1.807, 2.05) is 25.3 Å². The quantitative estimate of drug-likeness (QED) is 0.894. The van der Waals surface area contributed by atoms with Crippen LogP contribution in [0.5, 0.6) is 0 Å². The third kappa shape index (κ3) is 3.39. The topological polar surface area (TPSA) is 24.9 Å². The van der Waals surface area contributed by atoms with E-state index in [1.54, 1.807) is 24.3 Å². The molecular weight excluding hydrogens is 259 g/mol. The Morgan fingerprint density at radius 1 is 1.37 bits per heavy atom. The van der Waals surface area contributed by atoms with Gasteiger partial charge in [-0.15, -0.1) is 11.3 Å². The van der Waals surface area contributed by atoms with E-state index in [1.165, 1.54) is 0 Å². The van der Waals surface area contributed by atoms with E-state index in [9.17, 15) is 4.39 Å². The van der Waals surface area contributed by atoms with Crippen LogP contribution in [0.3, 0.4) is 0 Å². The number of thiazole rings is 1. The second kappa shape index (κ2) is 6.26. The molecule has 19 heavy (non-hydrogen) atoms. The average molecular weight is 278 g/mol. The number of aromatic nitrogens is 1. The van der Waals surface area contributed by atoms with E-state index in [0.29, 0.717) is 5.56 Å². The summed E-state index contributed by atoms with van der Waals surface area (Å²) >= 11 is 1.66. The van der Waals surface area contributed by atoms with Crippen molar-refractivity contribution in [3.63, 3.8) is 0 Å². The van der Waals surface area contributed by atoms with Crippen molar-refractivity contribution in [1.29, 1.82) is 0 Å². The Kier molecular flexibility index (Phi) is 4.66. The fraction of sp³-hybridized carbons (Fsp3) is 0.400. The van der Waals surface area contributed by atoms with Crippen LogP contribution in [0.1, 0.15) is 40.4 Å². The van der Waals surface area contributed by atoms with Crippen LogP contribution >= 0.6 is 11.3 Å².